The van der Waals surface area contributed by atoms with Gasteiger partial charge in [-0.15, -0.1) is 0 Å². The number of hydrogen-bond donors (Lipinski definition) is 1. The van der Waals surface area contributed by atoms with E-state index in [1.54, 1.807) is 12.1 Å². The van der Waals surface area contributed by atoms with Crippen LogP contribution in [0.15, 0.2) is 42.5 Å². The molecule has 142 valence electrons. The highest BCUT2D eigenvalue weighted by molar-refractivity contribution is 6.31. The molecule has 1 fully saturated rings. The molecule has 0 aliphatic carbocycles. The molecule has 0 spiro atoms. The Morgan fingerprint density at radius 1 is 1.07 bits per heavy atom. The lowest BCUT2D eigenvalue weighted by atomic mass is 10.1. The van der Waals surface area contributed by atoms with Crippen LogP contribution in [0.4, 0.5) is 15.8 Å². The number of anilines is 2. The van der Waals surface area contributed by atoms with E-state index in [2.05, 4.69) is 10.2 Å². The van der Waals surface area contributed by atoms with Crippen molar-refractivity contribution in [2.45, 2.75) is 13.3 Å². The molecule has 3 rings (SSSR count). The van der Waals surface area contributed by atoms with Gasteiger partial charge in [0.1, 0.15) is 5.82 Å². The van der Waals surface area contributed by atoms with Crippen LogP contribution in [0.2, 0.25) is 5.02 Å². The molecule has 0 radical (unpaired) electrons. The lowest BCUT2D eigenvalue weighted by Gasteiger charge is -2.37. The molecule has 0 bridgehead atoms. The third kappa shape index (κ3) is 4.57. The van der Waals surface area contributed by atoms with Gasteiger partial charge in [-0.1, -0.05) is 18.5 Å². The van der Waals surface area contributed by atoms with Crippen LogP contribution >= 0.6 is 11.6 Å². The number of nitrogens with one attached hydrogen (secondary N) is 1. The quantitative estimate of drug-likeness (QED) is 0.865. The van der Waals surface area contributed by atoms with Gasteiger partial charge in [0.15, 0.2) is 0 Å². The number of carbonyl (C=O) groups is 2. The van der Waals surface area contributed by atoms with E-state index < -0.39 is 5.82 Å². The number of amides is 2. The van der Waals surface area contributed by atoms with Crippen molar-refractivity contribution < 1.29 is 14.0 Å². The first-order valence-electron chi connectivity index (χ1n) is 8.87. The summed E-state index contributed by atoms with van der Waals surface area (Å²) in [6, 6.07) is 10.7. The number of benzene rings is 2. The summed E-state index contributed by atoms with van der Waals surface area (Å²) in [6.07, 6.45) is 0.500. The van der Waals surface area contributed by atoms with Crippen molar-refractivity contribution in [3.05, 3.63) is 58.9 Å². The summed E-state index contributed by atoms with van der Waals surface area (Å²) in [5.74, 6) is -0.580. The summed E-state index contributed by atoms with van der Waals surface area (Å²) in [6.45, 7) is 4.48. The van der Waals surface area contributed by atoms with Crippen LogP contribution < -0.4 is 10.2 Å². The zero-order valence-electron chi connectivity index (χ0n) is 15.0. The smallest absolute Gasteiger partial charge is 0.255 e. The van der Waals surface area contributed by atoms with E-state index in [0.29, 0.717) is 48.9 Å². The van der Waals surface area contributed by atoms with Crippen LogP contribution in [0.5, 0.6) is 0 Å². The summed E-state index contributed by atoms with van der Waals surface area (Å²) < 4.78 is 13.1. The highest BCUT2D eigenvalue weighted by Crippen LogP contribution is 2.30. The maximum absolute atomic E-state index is 13.1. The summed E-state index contributed by atoms with van der Waals surface area (Å²) in [4.78, 5) is 28.3. The molecule has 27 heavy (non-hydrogen) atoms. The third-order valence-corrected chi connectivity index (χ3v) is 4.82. The van der Waals surface area contributed by atoms with E-state index in [0.717, 1.165) is 5.69 Å². The molecule has 2 aromatic rings. The lowest BCUT2D eigenvalue weighted by molar-refractivity contribution is -0.131. The van der Waals surface area contributed by atoms with Gasteiger partial charge in [-0.25, -0.2) is 4.39 Å². The Bertz CT molecular complexity index is 834. The molecule has 1 aliphatic rings. The highest BCUT2D eigenvalue weighted by Gasteiger charge is 2.22. The number of halogens is 2. The second kappa shape index (κ2) is 8.39. The number of nitrogens with zero attached hydrogens (tertiary/aromatic N) is 2. The van der Waals surface area contributed by atoms with E-state index in [1.807, 2.05) is 17.9 Å². The number of piperazine rings is 1. The molecule has 1 heterocycles. The summed E-state index contributed by atoms with van der Waals surface area (Å²) >= 11 is 6.12. The first-order valence-corrected chi connectivity index (χ1v) is 9.25. The van der Waals surface area contributed by atoms with Crippen LogP contribution in [0.25, 0.3) is 0 Å². The first-order chi connectivity index (χ1) is 13.0. The summed E-state index contributed by atoms with van der Waals surface area (Å²) in [7, 11) is 0. The average molecular weight is 390 g/mol. The second-order valence-corrected chi connectivity index (χ2v) is 6.78. The molecule has 7 heteroatoms. The van der Waals surface area contributed by atoms with Crippen LogP contribution in [-0.2, 0) is 4.79 Å². The van der Waals surface area contributed by atoms with Gasteiger partial charge in [0.25, 0.3) is 5.91 Å². The van der Waals surface area contributed by atoms with Crippen LogP contribution in [-0.4, -0.2) is 42.9 Å². The Hall–Kier alpha value is -2.60. The fourth-order valence-electron chi connectivity index (χ4n) is 3.10. The van der Waals surface area contributed by atoms with Crippen LogP contribution in [0.3, 0.4) is 0 Å². The highest BCUT2D eigenvalue weighted by atomic mass is 35.5. The molecule has 5 nitrogen and oxygen atoms in total. The molecule has 2 aromatic carbocycles. The van der Waals surface area contributed by atoms with Crippen LogP contribution in [0.1, 0.15) is 23.7 Å². The Kier molecular flexibility index (Phi) is 5.96. The van der Waals surface area contributed by atoms with Gasteiger partial charge in [0.2, 0.25) is 5.91 Å². The number of carbonyl (C=O) groups excluding carboxylic acids is 2. The van der Waals surface area contributed by atoms with Gasteiger partial charge < -0.3 is 15.1 Å². The van der Waals surface area contributed by atoms with Gasteiger partial charge >= 0.3 is 0 Å². The minimum Gasteiger partial charge on any atom is -0.366 e. The predicted octanol–water partition coefficient (Wildman–Crippen LogP) is 3.79. The maximum atomic E-state index is 13.1. The topological polar surface area (TPSA) is 52.7 Å². The molecule has 0 saturated carbocycles. The summed E-state index contributed by atoms with van der Waals surface area (Å²) in [5, 5.41) is 3.37. The SMILES string of the molecule is CCC(=O)N1CCN(c2ccc(Cl)cc2NC(=O)c2ccc(F)cc2)CC1. The normalized spacial score (nSPS) is 14.2. The molecule has 1 aliphatic heterocycles. The number of hydrogen-bond acceptors (Lipinski definition) is 3. The Morgan fingerprint density at radius 3 is 2.37 bits per heavy atom. The van der Waals surface area contributed by atoms with Gasteiger partial charge in [0, 0.05) is 43.2 Å². The molecule has 1 saturated heterocycles. The van der Waals surface area contributed by atoms with E-state index in [4.69, 9.17) is 11.6 Å². The standard InChI is InChI=1S/C20H21ClFN3O2/c1-2-19(26)25-11-9-24(10-12-25)18-8-5-15(21)13-17(18)23-20(27)14-3-6-16(22)7-4-14/h3-8,13H,2,9-12H2,1H3,(H,23,27). The van der Waals surface area contributed by atoms with Crippen molar-refractivity contribution in [1.29, 1.82) is 0 Å². The lowest BCUT2D eigenvalue weighted by Crippen LogP contribution is -2.48. The molecular formula is C20H21ClFN3O2. The second-order valence-electron chi connectivity index (χ2n) is 6.34. The van der Waals surface area contributed by atoms with E-state index in [9.17, 15) is 14.0 Å². The zero-order valence-corrected chi connectivity index (χ0v) is 15.8. The Morgan fingerprint density at radius 2 is 1.74 bits per heavy atom. The molecule has 2 amide bonds. The van der Waals surface area contributed by atoms with Gasteiger partial charge in [0.05, 0.1) is 11.4 Å². The van der Waals surface area contributed by atoms with Gasteiger partial charge in [-0.05, 0) is 42.5 Å². The van der Waals surface area contributed by atoms with Gasteiger partial charge in [-0.3, -0.25) is 9.59 Å². The van der Waals surface area contributed by atoms with Crippen molar-refractivity contribution in [1.82, 2.24) is 4.90 Å². The van der Waals surface area contributed by atoms with Crippen molar-refractivity contribution >= 4 is 34.8 Å². The van der Waals surface area contributed by atoms with Crippen molar-refractivity contribution in [3.8, 4) is 0 Å². The summed E-state index contributed by atoms with van der Waals surface area (Å²) in [5.41, 5.74) is 1.80. The van der Waals surface area contributed by atoms with Crippen molar-refractivity contribution in [2.24, 2.45) is 0 Å². The Balaban J connectivity index is 1.76. The first kappa shape index (κ1) is 19.2. The molecule has 0 aromatic heterocycles. The molecule has 1 N–H and O–H groups in total. The van der Waals surface area contributed by atoms with Crippen molar-refractivity contribution in [2.75, 3.05) is 36.4 Å². The fraction of sp³-hybridized carbons (Fsp3) is 0.300. The minimum atomic E-state index is -0.394. The molecule has 0 unspecified atom stereocenters. The average Bonchev–Trinajstić information content (AvgIpc) is 2.68. The van der Waals surface area contributed by atoms with Crippen LogP contribution in [0, 0.1) is 5.82 Å². The molecular weight excluding hydrogens is 369 g/mol. The fourth-order valence-corrected chi connectivity index (χ4v) is 3.27. The maximum Gasteiger partial charge on any atom is 0.255 e. The minimum absolute atomic E-state index is 0.149. The monoisotopic (exact) mass is 389 g/mol. The molecule has 0 atom stereocenters. The third-order valence-electron chi connectivity index (χ3n) is 4.59. The largest absolute Gasteiger partial charge is 0.366 e. The van der Waals surface area contributed by atoms with Crippen molar-refractivity contribution in [3.63, 3.8) is 0 Å². The van der Waals surface area contributed by atoms with Gasteiger partial charge in [-0.2, -0.15) is 0 Å². The number of rotatable bonds is 4. The predicted molar refractivity (Wildman–Crippen MR) is 105 cm³/mol. The van der Waals surface area contributed by atoms with E-state index in [1.165, 1.54) is 24.3 Å². The van der Waals surface area contributed by atoms with E-state index in [-0.39, 0.29) is 11.8 Å². The Labute approximate surface area is 162 Å². The zero-order chi connectivity index (χ0) is 19.4. The van der Waals surface area contributed by atoms with E-state index >= 15 is 0 Å².